The first-order valence-corrected chi connectivity index (χ1v) is 11.1. The van der Waals surface area contributed by atoms with Crippen LogP contribution < -0.4 is 13.9 Å². The Bertz CT molecular complexity index is 1150. The smallest absolute Gasteiger partial charge is 0.258 e. The molecule has 160 valence electrons. The monoisotopic (exact) mass is 436 g/mol. The average Bonchev–Trinajstić information content (AvgIpc) is 2.81. The van der Waals surface area contributed by atoms with E-state index in [0.717, 1.165) is 15.3 Å². The fraction of sp³-hybridized carbons (Fsp3) is 0.125. The van der Waals surface area contributed by atoms with Crippen molar-refractivity contribution in [3.8, 4) is 5.75 Å². The average molecular weight is 437 g/mol. The van der Waals surface area contributed by atoms with E-state index in [9.17, 15) is 13.2 Å². The number of sulfonamides is 1. The molecule has 0 aromatic heterocycles. The number of likely N-dealkylation sites (N-methyl/N-ethyl adjacent to an activating group) is 1. The summed E-state index contributed by atoms with van der Waals surface area (Å²) in [5, 5.41) is 1.10. The fourth-order valence-corrected chi connectivity index (χ4v) is 4.17. The van der Waals surface area contributed by atoms with Crippen LogP contribution in [-0.2, 0) is 14.8 Å². The van der Waals surface area contributed by atoms with E-state index in [4.69, 9.17) is 4.74 Å². The van der Waals surface area contributed by atoms with Crippen molar-refractivity contribution >= 4 is 33.4 Å². The summed E-state index contributed by atoms with van der Waals surface area (Å²) >= 11 is 0. The minimum Gasteiger partial charge on any atom is -0.495 e. The molecule has 0 aliphatic rings. The maximum atomic E-state index is 13.3. The molecule has 31 heavy (non-hydrogen) atoms. The van der Waals surface area contributed by atoms with Gasteiger partial charge in [-0.1, -0.05) is 60.7 Å². The van der Waals surface area contributed by atoms with E-state index in [2.05, 4.69) is 0 Å². The predicted molar refractivity (Wildman–Crippen MR) is 125 cm³/mol. The molecular weight excluding hydrogens is 412 g/mol. The molecular formula is C24H24N2O4S. The number of benzene rings is 3. The minimum absolute atomic E-state index is 0.289. The molecule has 1 amide bonds. The molecule has 3 aromatic rings. The topological polar surface area (TPSA) is 66.9 Å². The number of anilines is 2. The third kappa shape index (κ3) is 5.52. The highest BCUT2D eigenvalue weighted by atomic mass is 32.2. The lowest BCUT2D eigenvalue weighted by Crippen LogP contribution is -2.41. The van der Waals surface area contributed by atoms with E-state index in [-0.39, 0.29) is 18.1 Å². The number of amides is 1. The summed E-state index contributed by atoms with van der Waals surface area (Å²) in [5.74, 6) is -0.0249. The highest BCUT2D eigenvalue weighted by Crippen LogP contribution is 2.30. The Morgan fingerprint density at radius 3 is 2.13 bits per heavy atom. The molecule has 3 rings (SSSR count). The number of carbonyl (C=O) groups is 1. The highest BCUT2D eigenvalue weighted by molar-refractivity contribution is 7.95. The molecule has 7 heteroatoms. The molecule has 0 aliphatic carbocycles. The van der Waals surface area contributed by atoms with Crippen LogP contribution >= 0.6 is 0 Å². The van der Waals surface area contributed by atoms with Gasteiger partial charge in [0.25, 0.3) is 10.0 Å². The zero-order valence-electron chi connectivity index (χ0n) is 17.4. The number of hydrogen-bond donors (Lipinski definition) is 0. The predicted octanol–water partition coefficient (Wildman–Crippen LogP) is 4.17. The molecule has 0 fully saturated rings. The van der Waals surface area contributed by atoms with E-state index < -0.39 is 10.0 Å². The van der Waals surface area contributed by atoms with Gasteiger partial charge in [-0.25, -0.2) is 8.42 Å². The molecule has 0 atom stereocenters. The second kappa shape index (κ2) is 9.95. The van der Waals surface area contributed by atoms with Crippen molar-refractivity contribution in [1.29, 1.82) is 0 Å². The highest BCUT2D eigenvalue weighted by Gasteiger charge is 2.27. The Hall–Kier alpha value is -3.58. The zero-order valence-corrected chi connectivity index (χ0v) is 18.2. The zero-order chi connectivity index (χ0) is 22.3. The Labute approximate surface area is 183 Å². The van der Waals surface area contributed by atoms with Crippen molar-refractivity contribution in [1.82, 2.24) is 0 Å². The second-order valence-corrected chi connectivity index (χ2v) is 8.47. The number of ether oxygens (including phenoxy) is 1. The molecule has 0 heterocycles. The fourth-order valence-electron chi connectivity index (χ4n) is 2.97. The molecule has 0 bridgehead atoms. The van der Waals surface area contributed by atoms with Crippen molar-refractivity contribution in [2.24, 2.45) is 0 Å². The summed E-state index contributed by atoms with van der Waals surface area (Å²) in [6.07, 6.45) is 1.50. The Morgan fingerprint density at radius 1 is 0.903 bits per heavy atom. The van der Waals surface area contributed by atoms with E-state index in [1.807, 2.05) is 36.4 Å². The van der Waals surface area contributed by atoms with Crippen LogP contribution in [0.3, 0.4) is 0 Å². The van der Waals surface area contributed by atoms with Crippen molar-refractivity contribution in [3.05, 3.63) is 95.9 Å². The van der Waals surface area contributed by atoms with E-state index in [1.165, 1.54) is 18.1 Å². The van der Waals surface area contributed by atoms with Gasteiger partial charge in [0, 0.05) is 12.7 Å². The van der Waals surface area contributed by atoms with Crippen molar-refractivity contribution in [2.45, 2.75) is 0 Å². The maximum absolute atomic E-state index is 13.3. The molecule has 0 saturated heterocycles. The maximum Gasteiger partial charge on any atom is 0.258 e. The summed E-state index contributed by atoms with van der Waals surface area (Å²) in [4.78, 5) is 14.4. The van der Waals surface area contributed by atoms with Crippen LogP contribution in [-0.4, -0.2) is 35.0 Å². The first-order chi connectivity index (χ1) is 14.9. The van der Waals surface area contributed by atoms with Crippen molar-refractivity contribution in [2.75, 3.05) is 29.9 Å². The van der Waals surface area contributed by atoms with Gasteiger partial charge in [0.05, 0.1) is 18.2 Å². The Morgan fingerprint density at radius 2 is 1.48 bits per heavy atom. The van der Waals surface area contributed by atoms with Gasteiger partial charge in [0.2, 0.25) is 5.91 Å². The van der Waals surface area contributed by atoms with Gasteiger partial charge in [0.15, 0.2) is 0 Å². The molecule has 0 saturated carbocycles. The lowest BCUT2D eigenvalue weighted by Gasteiger charge is -2.26. The lowest BCUT2D eigenvalue weighted by atomic mass is 10.2. The third-order valence-electron chi connectivity index (χ3n) is 4.69. The number of nitrogens with zero attached hydrogens (tertiary/aromatic N) is 2. The number of rotatable bonds is 8. The number of methoxy groups -OCH3 is 1. The van der Waals surface area contributed by atoms with Gasteiger partial charge < -0.3 is 9.64 Å². The van der Waals surface area contributed by atoms with Gasteiger partial charge >= 0.3 is 0 Å². The molecule has 0 N–H and O–H groups in total. The largest absolute Gasteiger partial charge is 0.495 e. The summed E-state index contributed by atoms with van der Waals surface area (Å²) in [7, 11) is -0.916. The molecule has 0 radical (unpaired) electrons. The van der Waals surface area contributed by atoms with Crippen LogP contribution in [0.2, 0.25) is 0 Å². The number of hydrogen-bond acceptors (Lipinski definition) is 4. The summed E-state index contributed by atoms with van der Waals surface area (Å²) in [6.45, 7) is -0.382. The molecule has 3 aromatic carbocycles. The van der Waals surface area contributed by atoms with Crippen molar-refractivity contribution < 1.29 is 17.9 Å². The van der Waals surface area contributed by atoms with Gasteiger partial charge in [-0.3, -0.25) is 9.10 Å². The Kier molecular flexibility index (Phi) is 7.10. The van der Waals surface area contributed by atoms with Crippen LogP contribution in [0.5, 0.6) is 5.75 Å². The lowest BCUT2D eigenvalue weighted by molar-refractivity contribution is -0.116. The number of carbonyl (C=O) groups excluding carboxylic acids is 1. The summed E-state index contributed by atoms with van der Waals surface area (Å²) in [6, 6.07) is 24.9. The van der Waals surface area contributed by atoms with E-state index in [0.29, 0.717) is 11.4 Å². The van der Waals surface area contributed by atoms with Gasteiger partial charge in [-0.05, 0) is 35.9 Å². The van der Waals surface area contributed by atoms with Crippen LogP contribution in [0.15, 0.2) is 90.3 Å². The van der Waals surface area contributed by atoms with Gasteiger partial charge in [0.1, 0.15) is 12.3 Å². The first-order valence-electron chi connectivity index (χ1n) is 9.63. The van der Waals surface area contributed by atoms with Crippen LogP contribution in [0.4, 0.5) is 11.4 Å². The quantitative estimate of drug-likeness (QED) is 0.532. The van der Waals surface area contributed by atoms with Crippen LogP contribution in [0.1, 0.15) is 5.56 Å². The summed E-state index contributed by atoms with van der Waals surface area (Å²) < 4.78 is 33.0. The standard InChI is InChI=1S/C24H24N2O4S/c1-25(21-13-7-4-8-14-21)24(27)19-26(22-15-9-10-16-23(22)30-2)31(28,29)18-17-20-11-5-3-6-12-20/h3-18H,19H2,1-2H3/b18-17+. The molecule has 0 unspecified atom stereocenters. The molecule has 0 spiro atoms. The SMILES string of the molecule is COc1ccccc1N(CC(=O)N(C)c1ccccc1)S(=O)(=O)/C=C/c1ccccc1. The molecule has 0 aliphatic heterocycles. The number of para-hydroxylation sites is 3. The van der Waals surface area contributed by atoms with Crippen molar-refractivity contribution in [3.63, 3.8) is 0 Å². The third-order valence-corrected chi connectivity index (χ3v) is 6.11. The van der Waals surface area contributed by atoms with E-state index >= 15 is 0 Å². The van der Waals surface area contributed by atoms with Crippen LogP contribution in [0.25, 0.3) is 6.08 Å². The Balaban J connectivity index is 1.97. The normalized spacial score (nSPS) is 11.3. The first kappa shape index (κ1) is 22.1. The summed E-state index contributed by atoms with van der Waals surface area (Å²) in [5.41, 5.74) is 1.70. The van der Waals surface area contributed by atoms with E-state index in [1.54, 1.807) is 55.6 Å². The van der Waals surface area contributed by atoms with Crippen LogP contribution in [0, 0.1) is 0 Å². The minimum atomic E-state index is -3.99. The van der Waals surface area contributed by atoms with Gasteiger partial charge in [-0.2, -0.15) is 0 Å². The molecule has 6 nitrogen and oxygen atoms in total. The van der Waals surface area contributed by atoms with Gasteiger partial charge in [-0.15, -0.1) is 0 Å². The second-order valence-electron chi connectivity index (χ2n) is 6.73.